The minimum Gasteiger partial charge on any atom is -0.465 e. The predicted octanol–water partition coefficient (Wildman–Crippen LogP) is 2.50. The third-order valence-electron chi connectivity index (χ3n) is 2.93. The van der Waals surface area contributed by atoms with Crippen molar-refractivity contribution in [2.45, 2.75) is 18.5 Å². The Kier molecular flexibility index (Phi) is 6.70. The Morgan fingerprint density at radius 3 is 2.68 bits per heavy atom. The van der Waals surface area contributed by atoms with Crippen LogP contribution in [0.4, 0.5) is 15.9 Å². The summed E-state index contributed by atoms with van der Waals surface area (Å²) in [6.45, 7) is 2.27. The quantitative estimate of drug-likeness (QED) is 0.441. The number of anilines is 2. The lowest BCUT2D eigenvalue weighted by molar-refractivity contribution is -0.140. The second-order valence-corrected chi connectivity index (χ2v) is 5.86. The molecule has 1 amide bonds. The van der Waals surface area contributed by atoms with Crippen molar-refractivity contribution >= 4 is 35.1 Å². The van der Waals surface area contributed by atoms with Crippen molar-refractivity contribution in [1.82, 2.24) is 9.97 Å². The van der Waals surface area contributed by atoms with E-state index in [1.807, 2.05) is 6.92 Å². The van der Waals surface area contributed by atoms with Crippen molar-refractivity contribution in [3.05, 3.63) is 41.8 Å². The molecule has 0 radical (unpaired) electrons. The van der Waals surface area contributed by atoms with Crippen molar-refractivity contribution in [3.8, 4) is 0 Å². The summed E-state index contributed by atoms with van der Waals surface area (Å²) in [5, 5.41) is 2.84. The smallest absolute Gasteiger partial charge is 0.316 e. The van der Waals surface area contributed by atoms with Gasteiger partial charge in [0.05, 0.1) is 12.4 Å². The number of nitrogens with zero attached hydrogens (tertiary/aromatic N) is 2. The molecule has 2 aromatic rings. The summed E-state index contributed by atoms with van der Waals surface area (Å²) in [6, 6.07) is 5.31. The van der Waals surface area contributed by atoms with Crippen LogP contribution in [-0.4, -0.2) is 34.2 Å². The number of esters is 1. The van der Waals surface area contributed by atoms with Gasteiger partial charge in [-0.05, 0) is 30.7 Å². The number of rotatable bonds is 7. The van der Waals surface area contributed by atoms with Crippen LogP contribution < -0.4 is 11.1 Å². The molecule has 0 fully saturated rings. The number of hydrogen-bond donors (Lipinski definition) is 2. The van der Waals surface area contributed by atoms with Crippen LogP contribution in [0, 0.1) is 5.82 Å². The largest absolute Gasteiger partial charge is 0.465 e. The lowest BCUT2D eigenvalue weighted by Gasteiger charge is -2.08. The average Bonchev–Trinajstić information content (AvgIpc) is 2.60. The molecule has 1 aromatic carbocycles. The molecule has 0 unspecified atom stereocenters. The van der Waals surface area contributed by atoms with E-state index < -0.39 is 11.7 Å². The second-order valence-electron chi connectivity index (χ2n) is 4.92. The Balaban J connectivity index is 1.97. The number of thioether (sulfide) groups is 1. The Labute approximate surface area is 148 Å². The summed E-state index contributed by atoms with van der Waals surface area (Å²) >= 11 is 1.07. The molecule has 2 rings (SSSR count). The van der Waals surface area contributed by atoms with Gasteiger partial charge >= 0.3 is 5.97 Å². The molecule has 0 bridgehead atoms. The number of halogens is 1. The summed E-state index contributed by atoms with van der Waals surface area (Å²) in [5.41, 5.74) is 6.29. The number of hydrogen-bond acceptors (Lipinski definition) is 7. The average molecular weight is 364 g/mol. The van der Waals surface area contributed by atoms with Gasteiger partial charge in [-0.15, -0.1) is 0 Å². The second kappa shape index (κ2) is 8.97. The molecular formula is C16H17FN4O3S. The maximum Gasteiger partial charge on any atom is 0.316 e. The van der Waals surface area contributed by atoms with Crippen molar-refractivity contribution in [3.63, 3.8) is 0 Å². The molecule has 0 spiro atoms. The minimum absolute atomic E-state index is 0.0148. The number of carbonyl (C=O) groups excluding carboxylic acids is 2. The van der Waals surface area contributed by atoms with Crippen LogP contribution in [0.1, 0.15) is 23.7 Å². The van der Waals surface area contributed by atoms with Crippen LogP contribution in [-0.2, 0) is 9.53 Å². The van der Waals surface area contributed by atoms with E-state index in [1.54, 1.807) is 0 Å². The highest BCUT2D eigenvalue weighted by molar-refractivity contribution is 7.99. The minimum atomic E-state index is -0.511. The Morgan fingerprint density at radius 1 is 1.32 bits per heavy atom. The Hall–Kier alpha value is -2.68. The van der Waals surface area contributed by atoms with Gasteiger partial charge in [-0.3, -0.25) is 9.59 Å². The molecule has 132 valence electrons. The number of carbonyl (C=O) groups is 2. The topological polar surface area (TPSA) is 107 Å². The van der Waals surface area contributed by atoms with E-state index >= 15 is 0 Å². The number of nitrogen functional groups attached to an aromatic ring is 1. The molecule has 0 aliphatic heterocycles. The highest BCUT2D eigenvalue weighted by Gasteiger charge is 2.14. The lowest BCUT2D eigenvalue weighted by Crippen LogP contribution is -2.16. The Morgan fingerprint density at radius 2 is 2.04 bits per heavy atom. The van der Waals surface area contributed by atoms with Crippen LogP contribution in [0.15, 0.2) is 35.6 Å². The first kappa shape index (κ1) is 18.7. The van der Waals surface area contributed by atoms with Gasteiger partial charge in [0.15, 0.2) is 5.16 Å². The number of aromatic nitrogens is 2. The fourth-order valence-electron chi connectivity index (χ4n) is 1.74. The van der Waals surface area contributed by atoms with E-state index in [0.29, 0.717) is 12.3 Å². The van der Waals surface area contributed by atoms with Gasteiger partial charge in [0.2, 0.25) is 0 Å². The van der Waals surface area contributed by atoms with Crippen molar-refractivity contribution in [2.24, 2.45) is 0 Å². The summed E-state index contributed by atoms with van der Waals surface area (Å²) in [7, 11) is 0. The molecule has 0 saturated heterocycles. The van der Waals surface area contributed by atoms with Crippen molar-refractivity contribution < 1.29 is 18.7 Å². The molecule has 0 saturated carbocycles. The van der Waals surface area contributed by atoms with E-state index in [1.165, 1.54) is 30.5 Å². The zero-order chi connectivity index (χ0) is 18.2. The van der Waals surface area contributed by atoms with Gasteiger partial charge in [-0.25, -0.2) is 14.4 Å². The van der Waals surface area contributed by atoms with Gasteiger partial charge in [0.25, 0.3) is 5.91 Å². The molecule has 1 aromatic heterocycles. The van der Waals surface area contributed by atoms with Crippen LogP contribution >= 0.6 is 11.8 Å². The highest BCUT2D eigenvalue weighted by atomic mass is 32.2. The molecular weight excluding hydrogens is 347 g/mol. The number of nitrogens with one attached hydrogen (secondary N) is 1. The summed E-state index contributed by atoms with van der Waals surface area (Å²) < 4.78 is 17.8. The molecule has 7 nitrogen and oxygen atoms in total. The zero-order valence-corrected chi connectivity index (χ0v) is 14.3. The van der Waals surface area contributed by atoms with E-state index in [-0.39, 0.29) is 28.3 Å². The molecule has 1 heterocycles. The molecule has 9 heteroatoms. The number of benzene rings is 1. The van der Waals surface area contributed by atoms with Gasteiger partial charge in [-0.2, -0.15) is 0 Å². The number of amides is 1. The normalized spacial score (nSPS) is 10.3. The molecule has 0 atom stereocenters. The SMILES string of the molecule is CCCOC(=O)CSc1ncc(C(=O)Nc2ccc(F)cc2)c(N)n1. The van der Waals surface area contributed by atoms with Crippen LogP contribution in [0.5, 0.6) is 0 Å². The Bertz CT molecular complexity index is 756. The fourth-order valence-corrected chi connectivity index (χ4v) is 2.36. The van der Waals surface area contributed by atoms with E-state index in [0.717, 1.165) is 18.2 Å². The number of ether oxygens (including phenoxy) is 1. The lowest BCUT2D eigenvalue weighted by atomic mass is 10.2. The van der Waals surface area contributed by atoms with Gasteiger partial charge in [-0.1, -0.05) is 18.7 Å². The summed E-state index contributed by atoms with van der Waals surface area (Å²) in [4.78, 5) is 31.6. The first-order valence-corrected chi connectivity index (χ1v) is 8.46. The summed E-state index contributed by atoms with van der Waals surface area (Å²) in [5.74, 6) is -1.24. The third-order valence-corrected chi connectivity index (χ3v) is 3.76. The van der Waals surface area contributed by atoms with Gasteiger partial charge in [0.1, 0.15) is 17.2 Å². The first-order chi connectivity index (χ1) is 12.0. The molecule has 0 aliphatic rings. The van der Waals surface area contributed by atoms with Gasteiger partial charge < -0.3 is 15.8 Å². The van der Waals surface area contributed by atoms with Crippen LogP contribution in [0.25, 0.3) is 0 Å². The van der Waals surface area contributed by atoms with Gasteiger partial charge in [0, 0.05) is 11.9 Å². The van der Waals surface area contributed by atoms with E-state index in [2.05, 4.69) is 15.3 Å². The maximum atomic E-state index is 12.9. The standard InChI is InChI=1S/C16H17FN4O3S/c1-2-7-24-13(22)9-25-16-19-8-12(14(18)21-16)15(23)20-11-5-3-10(17)4-6-11/h3-6,8H,2,7,9H2,1H3,(H,20,23)(H2,18,19,21). The van der Waals surface area contributed by atoms with Crippen LogP contribution in [0.2, 0.25) is 0 Å². The van der Waals surface area contributed by atoms with Crippen LogP contribution in [0.3, 0.4) is 0 Å². The van der Waals surface area contributed by atoms with Crippen molar-refractivity contribution in [2.75, 3.05) is 23.4 Å². The zero-order valence-electron chi connectivity index (χ0n) is 13.5. The summed E-state index contributed by atoms with van der Waals surface area (Å²) in [6.07, 6.45) is 2.03. The van der Waals surface area contributed by atoms with E-state index in [4.69, 9.17) is 10.5 Å². The molecule has 3 N–H and O–H groups in total. The first-order valence-electron chi connectivity index (χ1n) is 7.47. The predicted molar refractivity (Wildman–Crippen MR) is 92.8 cm³/mol. The molecule has 0 aliphatic carbocycles. The maximum absolute atomic E-state index is 12.9. The van der Waals surface area contributed by atoms with E-state index in [9.17, 15) is 14.0 Å². The third kappa shape index (κ3) is 5.71. The monoisotopic (exact) mass is 364 g/mol. The van der Waals surface area contributed by atoms with Crippen molar-refractivity contribution in [1.29, 1.82) is 0 Å². The fraction of sp³-hybridized carbons (Fsp3) is 0.250. The molecule has 25 heavy (non-hydrogen) atoms. The number of nitrogens with two attached hydrogens (primary N) is 1. The highest BCUT2D eigenvalue weighted by Crippen LogP contribution is 2.18.